The lowest BCUT2D eigenvalue weighted by Gasteiger charge is -2.36. The van der Waals surface area contributed by atoms with Crippen molar-refractivity contribution < 1.29 is 19.4 Å². The van der Waals surface area contributed by atoms with Gasteiger partial charge in [0.25, 0.3) is 0 Å². The van der Waals surface area contributed by atoms with Crippen LogP contribution < -0.4 is 0 Å². The number of hydrogen-bond donors (Lipinski definition) is 1. The van der Waals surface area contributed by atoms with Crippen LogP contribution in [-0.4, -0.2) is 47.7 Å². The predicted molar refractivity (Wildman–Crippen MR) is 87.7 cm³/mol. The Hall–Kier alpha value is -1.88. The molecule has 5 heteroatoms. The van der Waals surface area contributed by atoms with E-state index in [1.807, 2.05) is 0 Å². The minimum atomic E-state index is -0.878. The van der Waals surface area contributed by atoms with Crippen LogP contribution in [-0.2, 0) is 26.2 Å². The molecule has 1 aliphatic heterocycles. The standard InChI is InChI=1S/C19H23NO4/c21-17(22)10-14-12-24-9-8-20(14)18(23)16-11-19(16)7-3-5-13-4-1-2-6-15(13)19/h1-2,4,6,14,16H,3,5,7-12H2,(H,21,22). The van der Waals surface area contributed by atoms with Crippen LogP contribution in [0, 0.1) is 5.92 Å². The zero-order valence-corrected chi connectivity index (χ0v) is 13.7. The largest absolute Gasteiger partial charge is 0.481 e. The first-order valence-electron chi connectivity index (χ1n) is 8.80. The minimum absolute atomic E-state index is 0.00198. The summed E-state index contributed by atoms with van der Waals surface area (Å²) in [5.74, 6) is -0.744. The molecule has 1 N–H and O–H groups in total. The van der Waals surface area contributed by atoms with Crippen molar-refractivity contribution in [2.75, 3.05) is 19.8 Å². The maximum absolute atomic E-state index is 13.1. The third-order valence-corrected chi connectivity index (χ3v) is 5.92. The number of morpholine rings is 1. The van der Waals surface area contributed by atoms with Gasteiger partial charge in [0.1, 0.15) is 0 Å². The topological polar surface area (TPSA) is 66.8 Å². The number of benzene rings is 1. The summed E-state index contributed by atoms with van der Waals surface area (Å²) in [4.78, 5) is 26.0. The Morgan fingerprint density at radius 1 is 1.33 bits per heavy atom. The SMILES string of the molecule is O=C(O)CC1COCCN1C(=O)C1CC12CCCc1ccccc12. The molecule has 1 saturated heterocycles. The zero-order valence-electron chi connectivity index (χ0n) is 13.7. The molecule has 1 heterocycles. The summed E-state index contributed by atoms with van der Waals surface area (Å²) >= 11 is 0. The van der Waals surface area contributed by atoms with Crippen LogP contribution in [0.2, 0.25) is 0 Å². The number of carboxylic acids is 1. The van der Waals surface area contributed by atoms with Gasteiger partial charge in [0.15, 0.2) is 0 Å². The van der Waals surface area contributed by atoms with Gasteiger partial charge in [-0.3, -0.25) is 9.59 Å². The monoisotopic (exact) mass is 329 g/mol. The quantitative estimate of drug-likeness (QED) is 0.921. The molecule has 1 saturated carbocycles. The number of aryl methyl sites for hydroxylation is 1. The van der Waals surface area contributed by atoms with E-state index in [0.717, 1.165) is 25.7 Å². The van der Waals surface area contributed by atoms with Crippen molar-refractivity contribution in [1.29, 1.82) is 0 Å². The summed E-state index contributed by atoms with van der Waals surface area (Å²) in [7, 11) is 0. The Morgan fingerprint density at radius 3 is 3.00 bits per heavy atom. The molecule has 0 radical (unpaired) electrons. The lowest BCUT2D eigenvalue weighted by Crippen LogP contribution is -2.50. The average Bonchev–Trinajstić information content (AvgIpc) is 3.29. The number of carbonyl (C=O) groups is 2. The molecule has 1 aromatic carbocycles. The summed E-state index contributed by atoms with van der Waals surface area (Å²) < 4.78 is 5.40. The number of carboxylic acid groups (broad SMARTS) is 1. The summed E-state index contributed by atoms with van der Waals surface area (Å²) in [6.07, 6.45) is 4.15. The van der Waals surface area contributed by atoms with Crippen LogP contribution in [0.3, 0.4) is 0 Å². The molecule has 5 nitrogen and oxygen atoms in total. The molecule has 4 rings (SSSR count). The van der Waals surface area contributed by atoms with Crippen molar-refractivity contribution in [3.8, 4) is 0 Å². The van der Waals surface area contributed by atoms with Crippen LogP contribution in [0.25, 0.3) is 0 Å². The van der Waals surface area contributed by atoms with E-state index in [2.05, 4.69) is 24.3 Å². The Morgan fingerprint density at radius 2 is 2.17 bits per heavy atom. The first kappa shape index (κ1) is 15.6. The average molecular weight is 329 g/mol. The van der Waals surface area contributed by atoms with Crippen molar-refractivity contribution in [1.82, 2.24) is 4.90 Å². The number of aliphatic carboxylic acids is 1. The van der Waals surface area contributed by atoms with Gasteiger partial charge in [-0.25, -0.2) is 0 Å². The second-order valence-electron chi connectivity index (χ2n) is 7.28. The van der Waals surface area contributed by atoms with Crippen LogP contribution >= 0.6 is 0 Å². The first-order chi connectivity index (χ1) is 11.6. The normalized spacial score (nSPS) is 31.6. The Bertz CT molecular complexity index is 673. The molecule has 3 atom stereocenters. The second kappa shape index (κ2) is 5.88. The summed E-state index contributed by atoms with van der Waals surface area (Å²) in [5.41, 5.74) is 2.72. The molecule has 0 bridgehead atoms. The summed E-state index contributed by atoms with van der Waals surface area (Å²) in [5, 5.41) is 9.10. The maximum atomic E-state index is 13.1. The van der Waals surface area contributed by atoms with E-state index in [1.54, 1.807) is 4.90 Å². The summed E-state index contributed by atoms with van der Waals surface area (Å²) in [6.45, 7) is 1.33. The minimum Gasteiger partial charge on any atom is -0.481 e. The Kier molecular flexibility index (Phi) is 3.83. The number of carbonyl (C=O) groups excluding carboxylic acids is 1. The molecule has 1 amide bonds. The van der Waals surface area contributed by atoms with E-state index in [9.17, 15) is 9.59 Å². The lowest BCUT2D eigenvalue weighted by molar-refractivity contribution is -0.147. The molecule has 1 aromatic rings. The lowest BCUT2D eigenvalue weighted by atomic mass is 9.78. The Balaban J connectivity index is 1.55. The van der Waals surface area contributed by atoms with Gasteiger partial charge in [-0.15, -0.1) is 0 Å². The molecule has 3 aliphatic rings. The smallest absolute Gasteiger partial charge is 0.305 e. The fraction of sp³-hybridized carbons (Fsp3) is 0.579. The highest BCUT2D eigenvalue weighted by atomic mass is 16.5. The third-order valence-electron chi connectivity index (χ3n) is 5.92. The fourth-order valence-corrected chi connectivity index (χ4v) is 4.67. The van der Waals surface area contributed by atoms with Crippen molar-refractivity contribution >= 4 is 11.9 Å². The molecular weight excluding hydrogens is 306 g/mol. The van der Waals surface area contributed by atoms with E-state index in [1.165, 1.54) is 11.1 Å². The molecule has 24 heavy (non-hydrogen) atoms. The molecule has 0 aromatic heterocycles. The van der Waals surface area contributed by atoms with Gasteiger partial charge < -0.3 is 14.7 Å². The van der Waals surface area contributed by atoms with Crippen LogP contribution in [0.15, 0.2) is 24.3 Å². The van der Waals surface area contributed by atoms with Gasteiger partial charge in [-0.2, -0.15) is 0 Å². The highest BCUT2D eigenvalue weighted by molar-refractivity contribution is 5.85. The molecule has 2 fully saturated rings. The van der Waals surface area contributed by atoms with Gasteiger partial charge in [-0.05, 0) is 36.8 Å². The van der Waals surface area contributed by atoms with Gasteiger partial charge in [0, 0.05) is 17.9 Å². The van der Waals surface area contributed by atoms with E-state index in [4.69, 9.17) is 9.84 Å². The second-order valence-corrected chi connectivity index (χ2v) is 7.28. The van der Waals surface area contributed by atoms with Crippen LogP contribution in [0.4, 0.5) is 0 Å². The predicted octanol–water partition coefficient (Wildman–Crippen LogP) is 1.98. The fourth-order valence-electron chi connectivity index (χ4n) is 4.67. The van der Waals surface area contributed by atoms with Gasteiger partial charge in [0.2, 0.25) is 5.91 Å². The maximum Gasteiger partial charge on any atom is 0.305 e. The van der Waals surface area contributed by atoms with Gasteiger partial charge >= 0.3 is 5.97 Å². The summed E-state index contributed by atoms with van der Waals surface area (Å²) in [6, 6.07) is 8.16. The van der Waals surface area contributed by atoms with Crippen LogP contribution in [0.5, 0.6) is 0 Å². The molecule has 128 valence electrons. The van der Waals surface area contributed by atoms with E-state index in [-0.39, 0.29) is 29.7 Å². The van der Waals surface area contributed by atoms with Crippen molar-refractivity contribution in [3.05, 3.63) is 35.4 Å². The molecular formula is C19H23NO4. The van der Waals surface area contributed by atoms with Crippen molar-refractivity contribution in [3.63, 3.8) is 0 Å². The number of ether oxygens (including phenoxy) is 1. The highest BCUT2D eigenvalue weighted by Crippen LogP contribution is 2.61. The zero-order chi connectivity index (χ0) is 16.7. The Labute approximate surface area is 141 Å². The number of amides is 1. The molecule has 2 aliphatic carbocycles. The van der Waals surface area contributed by atoms with Crippen molar-refractivity contribution in [2.24, 2.45) is 5.92 Å². The molecule has 3 unspecified atom stereocenters. The van der Waals surface area contributed by atoms with E-state index < -0.39 is 5.97 Å². The van der Waals surface area contributed by atoms with Gasteiger partial charge in [-0.1, -0.05) is 24.3 Å². The number of hydrogen-bond acceptors (Lipinski definition) is 3. The van der Waals surface area contributed by atoms with Gasteiger partial charge in [0.05, 0.1) is 25.7 Å². The van der Waals surface area contributed by atoms with E-state index in [0.29, 0.717) is 19.8 Å². The van der Waals surface area contributed by atoms with E-state index >= 15 is 0 Å². The third kappa shape index (κ3) is 2.51. The first-order valence-corrected chi connectivity index (χ1v) is 8.80. The number of nitrogens with zero attached hydrogens (tertiary/aromatic N) is 1. The molecule has 1 spiro atoms. The number of fused-ring (bicyclic) bond motifs is 2. The highest BCUT2D eigenvalue weighted by Gasteiger charge is 2.61. The van der Waals surface area contributed by atoms with Crippen molar-refractivity contribution in [2.45, 2.75) is 43.6 Å². The van der Waals surface area contributed by atoms with Crippen LogP contribution in [0.1, 0.15) is 36.8 Å². The number of rotatable bonds is 3.